The highest BCUT2D eigenvalue weighted by molar-refractivity contribution is 14.1. The molecule has 6 heteroatoms. The summed E-state index contributed by atoms with van der Waals surface area (Å²) in [5.74, 6) is -0.161. The summed E-state index contributed by atoms with van der Waals surface area (Å²) < 4.78 is 0.655. The first-order valence-corrected chi connectivity index (χ1v) is 4.24. The lowest BCUT2D eigenvalue weighted by molar-refractivity contribution is -0.114. The highest BCUT2D eigenvalue weighted by Gasteiger charge is 2.09. The normalized spacial score (nSPS) is 9.73. The summed E-state index contributed by atoms with van der Waals surface area (Å²) in [5.41, 5.74) is 0.541. The first-order valence-electron chi connectivity index (χ1n) is 2.78. The molecule has 0 aliphatic carbocycles. The molecule has 0 aliphatic rings. The van der Waals surface area contributed by atoms with Crippen LogP contribution in [-0.4, -0.2) is 16.1 Å². The molecule has 0 saturated heterocycles. The average Bonchev–Trinajstić information content (AvgIpc) is 2.18. The number of hydrogen-bond acceptors (Lipinski definition) is 2. The van der Waals surface area contributed by atoms with Gasteiger partial charge in [-0.25, -0.2) is 0 Å². The molecule has 0 fully saturated rings. The van der Waals surface area contributed by atoms with E-state index in [1.165, 1.54) is 6.92 Å². The summed E-state index contributed by atoms with van der Waals surface area (Å²) in [4.78, 5) is 10.6. The molecule has 0 aromatic carbocycles. The van der Waals surface area contributed by atoms with Gasteiger partial charge in [-0.05, 0) is 22.6 Å². The van der Waals surface area contributed by atoms with Crippen molar-refractivity contribution in [1.29, 1.82) is 0 Å². The highest BCUT2D eigenvalue weighted by Crippen LogP contribution is 2.23. The van der Waals surface area contributed by atoms with E-state index in [9.17, 15) is 4.79 Å². The molecule has 0 radical (unpaired) electrons. The van der Waals surface area contributed by atoms with Crippen LogP contribution in [-0.2, 0) is 4.79 Å². The Hall–Kier alpha value is -0.300. The van der Waals surface area contributed by atoms with Gasteiger partial charge in [0.05, 0.1) is 0 Å². The summed E-state index contributed by atoms with van der Waals surface area (Å²) in [6.45, 7) is 1.42. The van der Waals surface area contributed by atoms with E-state index in [0.717, 1.165) is 0 Å². The van der Waals surface area contributed by atoms with E-state index in [-0.39, 0.29) is 5.91 Å². The quantitative estimate of drug-likeness (QED) is 0.771. The second kappa shape index (κ2) is 3.40. The number of carbonyl (C=O) groups is 1. The molecule has 1 amide bonds. The van der Waals surface area contributed by atoms with Gasteiger partial charge in [-0.3, -0.25) is 9.89 Å². The van der Waals surface area contributed by atoms with Gasteiger partial charge in [-0.2, -0.15) is 5.10 Å². The lowest BCUT2D eigenvalue weighted by atomic mass is 10.5. The summed E-state index contributed by atoms with van der Waals surface area (Å²) in [7, 11) is 0. The molecule has 60 valence electrons. The van der Waals surface area contributed by atoms with Crippen LogP contribution in [0.15, 0.2) is 0 Å². The molecule has 2 N–H and O–H groups in total. The van der Waals surface area contributed by atoms with E-state index in [4.69, 9.17) is 11.6 Å². The molecule has 1 rings (SSSR count). The molecule has 0 aliphatic heterocycles. The Morgan fingerprint density at radius 3 is 2.82 bits per heavy atom. The zero-order valence-electron chi connectivity index (χ0n) is 5.61. The van der Waals surface area contributed by atoms with Crippen molar-refractivity contribution in [1.82, 2.24) is 10.2 Å². The molecule has 1 heterocycles. The fourth-order valence-corrected chi connectivity index (χ4v) is 1.45. The molecule has 0 saturated carbocycles. The largest absolute Gasteiger partial charge is 0.322 e. The lowest BCUT2D eigenvalue weighted by Crippen LogP contribution is -2.06. The number of H-pyrrole nitrogens is 1. The van der Waals surface area contributed by atoms with Crippen LogP contribution < -0.4 is 5.32 Å². The minimum Gasteiger partial charge on any atom is -0.322 e. The van der Waals surface area contributed by atoms with Crippen molar-refractivity contribution in [3.63, 3.8) is 0 Å². The van der Waals surface area contributed by atoms with Gasteiger partial charge < -0.3 is 5.32 Å². The number of nitrogens with one attached hydrogen (secondary N) is 2. The summed E-state index contributed by atoms with van der Waals surface area (Å²) >= 11 is 7.62. The van der Waals surface area contributed by atoms with Crippen molar-refractivity contribution in [3.05, 3.63) is 8.85 Å². The Morgan fingerprint density at radius 1 is 1.82 bits per heavy atom. The molecule has 1 aromatic rings. The smallest absolute Gasteiger partial charge is 0.221 e. The fourth-order valence-electron chi connectivity index (χ4n) is 0.583. The van der Waals surface area contributed by atoms with Crippen molar-refractivity contribution in [2.24, 2.45) is 0 Å². The van der Waals surface area contributed by atoms with Crippen LogP contribution in [0.25, 0.3) is 0 Å². The van der Waals surface area contributed by atoms with Gasteiger partial charge in [0.2, 0.25) is 5.91 Å². The zero-order valence-corrected chi connectivity index (χ0v) is 8.52. The highest BCUT2D eigenvalue weighted by atomic mass is 127. The minimum atomic E-state index is -0.161. The number of rotatable bonds is 1. The van der Waals surface area contributed by atoms with Gasteiger partial charge in [0.25, 0.3) is 0 Å². The van der Waals surface area contributed by atoms with Crippen molar-refractivity contribution in [2.75, 3.05) is 5.32 Å². The Labute approximate surface area is 81.8 Å². The number of aromatic nitrogens is 2. The molecule has 11 heavy (non-hydrogen) atoms. The van der Waals surface area contributed by atoms with E-state index in [1.54, 1.807) is 0 Å². The Balaban J connectivity index is 2.92. The number of aromatic amines is 1. The van der Waals surface area contributed by atoms with Crippen LogP contribution in [0, 0.1) is 3.70 Å². The van der Waals surface area contributed by atoms with E-state index in [1.807, 2.05) is 22.6 Å². The van der Waals surface area contributed by atoms with Crippen molar-refractivity contribution >= 4 is 45.8 Å². The topological polar surface area (TPSA) is 57.8 Å². The Morgan fingerprint density at radius 2 is 2.45 bits per heavy atom. The molecular formula is C5H5ClIN3O. The van der Waals surface area contributed by atoms with Crippen molar-refractivity contribution < 1.29 is 4.79 Å². The number of nitrogens with zero attached hydrogens (tertiary/aromatic N) is 1. The standard InChI is InChI=1S/C5H5ClIN3O/c1-2(11)8-3-4(6)9-10-5(3)7/h1H3,(H,8,11)(H,9,10). The first kappa shape index (κ1) is 8.79. The van der Waals surface area contributed by atoms with Crippen LogP contribution in [0.2, 0.25) is 5.15 Å². The molecule has 0 spiro atoms. The molecule has 0 atom stereocenters. The summed E-state index contributed by atoms with van der Waals surface area (Å²) in [5, 5.41) is 9.22. The maximum atomic E-state index is 10.6. The van der Waals surface area contributed by atoms with Crippen LogP contribution in [0.3, 0.4) is 0 Å². The van der Waals surface area contributed by atoms with Crippen LogP contribution in [0.4, 0.5) is 5.69 Å². The maximum absolute atomic E-state index is 10.6. The van der Waals surface area contributed by atoms with Gasteiger partial charge in [-0.15, -0.1) is 0 Å². The van der Waals surface area contributed by atoms with Crippen molar-refractivity contribution in [2.45, 2.75) is 6.92 Å². The molecule has 1 aromatic heterocycles. The van der Waals surface area contributed by atoms with Crippen LogP contribution in [0.5, 0.6) is 0 Å². The second-order valence-electron chi connectivity index (χ2n) is 1.88. The van der Waals surface area contributed by atoms with Gasteiger partial charge in [-0.1, -0.05) is 11.6 Å². The Kier molecular flexibility index (Phi) is 2.72. The molecule has 0 bridgehead atoms. The summed E-state index contributed by atoms with van der Waals surface area (Å²) in [6, 6.07) is 0. The van der Waals surface area contributed by atoms with E-state index in [2.05, 4.69) is 15.5 Å². The predicted octanol–water partition coefficient (Wildman–Crippen LogP) is 1.63. The van der Waals surface area contributed by atoms with E-state index >= 15 is 0 Å². The second-order valence-corrected chi connectivity index (χ2v) is 3.28. The Bertz CT molecular complexity index is 266. The van der Waals surface area contributed by atoms with Crippen LogP contribution in [0.1, 0.15) is 6.92 Å². The predicted molar refractivity (Wildman–Crippen MR) is 50.6 cm³/mol. The average molecular weight is 285 g/mol. The molecule has 0 unspecified atom stereocenters. The molecule has 4 nitrogen and oxygen atoms in total. The first-order chi connectivity index (χ1) is 5.11. The minimum absolute atomic E-state index is 0.161. The number of hydrogen-bond donors (Lipinski definition) is 2. The fraction of sp³-hybridized carbons (Fsp3) is 0.200. The number of carbonyl (C=O) groups excluding carboxylic acids is 1. The van der Waals surface area contributed by atoms with Gasteiger partial charge in [0.15, 0.2) is 0 Å². The third kappa shape index (κ3) is 2.06. The third-order valence-electron chi connectivity index (χ3n) is 0.979. The van der Waals surface area contributed by atoms with E-state index in [0.29, 0.717) is 14.5 Å². The van der Waals surface area contributed by atoms with Gasteiger partial charge in [0, 0.05) is 6.92 Å². The lowest BCUT2D eigenvalue weighted by Gasteiger charge is -1.97. The monoisotopic (exact) mass is 285 g/mol. The number of amides is 1. The van der Waals surface area contributed by atoms with Crippen molar-refractivity contribution in [3.8, 4) is 0 Å². The van der Waals surface area contributed by atoms with Crippen LogP contribution >= 0.6 is 34.2 Å². The van der Waals surface area contributed by atoms with E-state index < -0.39 is 0 Å². The third-order valence-corrected chi connectivity index (χ3v) is 2.03. The molecular weight excluding hydrogens is 280 g/mol. The van der Waals surface area contributed by atoms with Gasteiger partial charge >= 0.3 is 0 Å². The number of anilines is 1. The number of halogens is 2. The maximum Gasteiger partial charge on any atom is 0.221 e. The van der Waals surface area contributed by atoms with Gasteiger partial charge in [0.1, 0.15) is 14.5 Å². The zero-order chi connectivity index (χ0) is 8.43. The summed E-state index contributed by atoms with van der Waals surface area (Å²) in [6.07, 6.45) is 0. The SMILES string of the molecule is CC(=O)Nc1c(I)n[nH]c1Cl.